The van der Waals surface area contributed by atoms with E-state index in [1.807, 2.05) is 74.0 Å². The van der Waals surface area contributed by atoms with Gasteiger partial charge in [-0.1, -0.05) is 30.3 Å². The molecule has 0 aliphatic rings. The van der Waals surface area contributed by atoms with Crippen molar-refractivity contribution < 1.29 is 19.1 Å². The van der Waals surface area contributed by atoms with Gasteiger partial charge < -0.3 is 14.0 Å². The second kappa shape index (κ2) is 8.44. The maximum atomic E-state index is 12.4. The van der Waals surface area contributed by atoms with E-state index in [2.05, 4.69) is 0 Å². The smallest absolute Gasteiger partial charge is 0.355 e. The number of aromatic nitrogens is 1. The summed E-state index contributed by atoms with van der Waals surface area (Å²) in [5.41, 5.74) is 0.884. The molecule has 1 aromatic carbocycles. The Morgan fingerprint density at radius 1 is 0.964 bits per heavy atom. The maximum Gasteiger partial charge on any atom is 0.355 e. The highest BCUT2D eigenvalue weighted by Gasteiger charge is 2.20. The van der Waals surface area contributed by atoms with Gasteiger partial charge in [0.05, 0.1) is 6.54 Å². The highest BCUT2D eigenvalue weighted by molar-refractivity contribution is 7.13. The standard InChI is InChI=1S/C22H23NO4S/c1-22(2,3)27-21(25)19-12-11-17(28-19)14-23-13-7-10-18(23)20(24)26-15-16-8-5-4-6-9-16/h4-13H,14-15H2,1-3H3. The first-order chi connectivity index (χ1) is 13.3. The van der Waals surface area contributed by atoms with E-state index in [1.54, 1.807) is 12.1 Å². The van der Waals surface area contributed by atoms with Gasteiger partial charge >= 0.3 is 11.9 Å². The van der Waals surface area contributed by atoms with Crippen LogP contribution >= 0.6 is 11.3 Å². The van der Waals surface area contributed by atoms with Gasteiger partial charge in [0.25, 0.3) is 0 Å². The third-order valence-corrected chi connectivity index (χ3v) is 4.89. The van der Waals surface area contributed by atoms with E-state index in [9.17, 15) is 9.59 Å². The van der Waals surface area contributed by atoms with E-state index >= 15 is 0 Å². The number of hydrogen-bond donors (Lipinski definition) is 0. The van der Waals surface area contributed by atoms with Crippen molar-refractivity contribution in [2.24, 2.45) is 0 Å². The van der Waals surface area contributed by atoms with Crippen molar-refractivity contribution in [2.75, 3.05) is 0 Å². The molecule has 146 valence electrons. The molecule has 0 N–H and O–H groups in total. The summed E-state index contributed by atoms with van der Waals surface area (Å²) in [4.78, 5) is 26.1. The van der Waals surface area contributed by atoms with Crippen molar-refractivity contribution in [3.05, 3.63) is 81.8 Å². The molecule has 0 unspecified atom stereocenters. The number of hydrogen-bond acceptors (Lipinski definition) is 5. The van der Waals surface area contributed by atoms with Crippen LogP contribution in [0.1, 0.15) is 51.4 Å². The van der Waals surface area contributed by atoms with Crippen LogP contribution < -0.4 is 0 Å². The number of nitrogens with zero attached hydrogens (tertiary/aromatic N) is 1. The fourth-order valence-corrected chi connectivity index (χ4v) is 3.49. The van der Waals surface area contributed by atoms with Gasteiger partial charge in [-0.3, -0.25) is 0 Å². The zero-order valence-corrected chi connectivity index (χ0v) is 17.0. The third kappa shape index (κ3) is 5.33. The van der Waals surface area contributed by atoms with Gasteiger partial charge in [-0.15, -0.1) is 11.3 Å². The quantitative estimate of drug-likeness (QED) is 0.555. The van der Waals surface area contributed by atoms with Crippen molar-refractivity contribution >= 4 is 23.3 Å². The Hall–Kier alpha value is -2.86. The molecule has 28 heavy (non-hydrogen) atoms. The Morgan fingerprint density at radius 3 is 2.43 bits per heavy atom. The van der Waals surface area contributed by atoms with Crippen LogP contribution in [0, 0.1) is 0 Å². The number of rotatable bonds is 6. The number of thiophene rings is 1. The number of carbonyl (C=O) groups excluding carboxylic acids is 2. The molecule has 0 bridgehead atoms. The van der Waals surface area contributed by atoms with Crippen LogP contribution in [0.4, 0.5) is 0 Å². The Kier molecular flexibility index (Phi) is 5.99. The number of benzene rings is 1. The molecule has 3 aromatic rings. The maximum absolute atomic E-state index is 12.4. The molecule has 0 aliphatic carbocycles. The van der Waals surface area contributed by atoms with Crippen LogP contribution in [-0.2, 0) is 22.6 Å². The van der Waals surface area contributed by atoms with Gasteiger partial charge in [0, 0.05) is 11.1 Å². The van der Waals surface area contributed by atoms with Crippen LogP contribution in [0.15, 0.2) is 60.8 Å². The van der Waals surface area contributed by atoms with Gasteiger partial charge in [0.1, 0.15) is 22.8 Å². The Labute approximate surface area is 168 Å². The fraction of sp³-hybridized carbons (Fsp3) is 0.273. The minimum atomic E-state index is -0.530. The molecular formula is C22H23NO4S. The average molecular weight is 397 g/mol. The Balaban J connectivity index is 1.64. The molecule has 0 amide bonds. The van der Waals surface area contributed by atoms with Gasteiger partial charge in [0.15, 0.2) is 0 Å². The monoisotopic (exact) mass is 397 g/mol. The van der Waals surface area contributed by atoms with E-state index in [0.29, 0.717) is 17.1 Å². The molecule has 0 saturated heterocycles. The minimum Gasteiger partial charge on any atom is -0.456 e. The topological polar surface area (TPSA) is 57.5 Å². The second-order valence-corrected chi connectivity index (χ2v) is 8.52. The van der Waals surface area contributed by atoms with E-state index in [0.717, 1.165) is 10.4 Å². The summed E-state index contributed by atoms with van der Waals surface area (Å²) in [6, 6.07) is 16.7. The molecule has 6 heteroatoms. The highest BCUT2D eigenvalue weighted by Crippen LogP contribution is 2.22. The lowest BCUT2D eigenvalue weighted by Crippen LogP contribution is -2.23. The van der Waals surface area contributed by atoms with Crippen LogP contribution in [-0.4, -0.2) is 22.1 Å². The molecule has 0 spiro atoms. The van der Waals surface area contributed by atoms with E-state index in [1.165, 1.54) is 11.3 Å². The van der Waals surface area contributed by atoms with Crippen LogP contribution in [0.3, 0.4) is 0 Å². The first kappa shape index (κ1) is 19.9. The lowest BCUT2D eigenvalue weighted by atomic mass is 10.2. The molecule has 2 heterocycles. The zero-order valence-electron chi connectivity index (χ0n) is 16.2. The van der Waals surface area contributed by atoms with Crippen LogP contribution in [0.5, 0.6) is 0 Å². The van der Waals surface area contributed by atoms with Crippen molar-refractivity contribution in [3.63, 3.8) is 0 Å². The molecular weight excluding hydrogens is 374 g/mol. The van der Waals surface area contributed by atoms with Crippen molar-refractivity contribution in [2.45, 2.75) is 39.5 Å². The van der Waals surface area contributed by atoms with E-state index in [-0.39, 0.29) is 18.5 Å². The summed E-state index contributed by atoms with van der Waals surface area (Å²) >= 11 is 1.36. The van der Waals surface area contributed by atoms with E-state index < -0.39 is 5.60 Å². The van der Waals surface area contributed by atoms with Gasteiger partial charge in [-0.05, 0) is 50.6 Å². The predicted molar refractivity (Wildman–Crippen MR) is 109 cm³/mol. The number of ether oxygens (including phenoxy) is 2. The summed E-state index contributed by atoms with van der Waals surface area (Å²) in [6.45, 7) is 6.23. The van der Waals surface area contributed by atoms with Crippen molar-refractivity contribution in [1.82, 2.24) is 4.57 Å². The predicted octanol–water partition coefficient (Wildman–Crippen LogP) is 4.91. The first-order valence-electron chi connectivity index (χ1n) is 9.00. The van der Waals surface area contributed by atoms with Gasteiger partial charge in [0.2, 0.25) is 0 Å². The van der Waals surface area contributed by atoms with E-state index in [4.69, 9.17) is 9.47 Å². The number of esters is 2. The molecule has 0 fully saturated rings. The van der Waals surface area contributed by atoms with Crippen molar-refractivity contribution in [3.8, 4) is 0 Å². The molecule has 5 nitrogen and oxygen atoms in total. The lowest BCUT2D eigenvalue weighted by Gasteiger charge is -2.18. The Bertz CT molecular complexity index is 950. The summed E-state index contributed by atoms with van der Waals surface area (Å²) in [5, 5.41) is 0. The average Bonchev–Trinajstić information content (AvgIpc) is 3.29. The van der Waals surface area contributed by atoms with Crippen molar-refractivity contribution in [1.29, 1.82) is 0 Å². The van der Waals surface area contributed by atoms with Crippen LogP contribution in [0.25, 0.3) is 0 Å². The Morgan fingerprint density at radius 2 is 1.71 bits per heavy atom. The normalized spacial score (nSPS) is 11.2. The fourth-order valence-electron chi connectivity index (χ4n) is 2.60. The van der Waals surface area contributed by atoms with Crippen LogP contribution in [0.2, 0.25) is 0 Å². The molecule has 0 saturated carbocycles. The third-order valence-electron chi connectivity index (χ3n) is 3.84. The minimum absolute atomic E-state index is 0.229. The SMILES string of the molecule is CC(C)(C)OC(=O)c1ccc(Cn2cccc2C(=O)OCc2ccccc2)s1. The molecule has 0 aliphatic heterocycles. The zero-order chi connectivity index (χ0) is 20.1. The molecule has 0 radical (unpaired) electrons. The summed E-state index contributed by atoms with van der Waals surface area (Å²) < 4.78 is 12.6. The summed E-state index contributed by atoms with van der Waals surface area (Å²) in [7, 11) is 0. The summed E-state index contributed by atoms with van der Waals surface area (Å²) in [6.07, 6.45) is 1.83. The van der Waals surface area contributed by atoms with Gasteiger partial charge in [-0.2, -0.15) is 0 Å². The first-order valence-corrected chi connectivity index (χ1v) is 9.82. The molecule has 0 atom stereocenters. The molecule has 3 rings (SSSR count). The largest absolute Gasteiger partial charge is 0.456 e. The summed E-state index contributed by atoms with van der Waals surface area (Å²) in [5.74, 6) is -0.712. The number of carbonyl (C=O) groups is 2. The highest BCUT2D eigenvalue weighted by atomic mass is 32.1. The second-order valence-electron chi connectivity index (χ2n) is 7.35. The lowest BCUT2D eigenvalue weighted by molar-refractivity contribution is 0.00749. The molecule has 2 aromatic heterocycles. The van der Waals surface area contributed by atoms with Gasteiger partial charge in [-0.25, -0.2) is 9.59 Å².